The monoisotopic (exact) mass is 836 g/mol. The summed E-state index contributed by atoms with van der Waals surface area (Å²) in [6.07, 6.45) is 11.3. The van der Waals surface area contributed by atoms with E-state index in [4.69, 9.17) is 6.42 Å². The fraction of sp³-hybridized carbons (Fsp3) is 0.0164. The Morgan fingerprint density at radius 3 is 1.38 bits per heavy atom. The first kappa shape index (κ1) is 38.9. The minimum Gasteiger partial charge on any atom is -0.309 e. The molecule has 11 rings (SSSR count). The number of nitrogens with zero attached hydrogens (tertiary/aromatic N) is 2. The largest absolute Gasteiger partial charge is 0.309 e. The van der Waals surface area contributed by atoms with Gasteiger partial charge in [-0.1, -0.05) is 133 Å². The van der Waals surface area contributed by atoms with E-state index in [9.17, 15) is 0 Å². The van der Waals surface area contributed by atoms with Crippen LogP contribution in [0.15, 0.2) is 262 Å². The summed E-state index contributed by atoms with van der Waals surface area (Å²) < 4.78 is 4.83. The molecular weight excluding hydrogens is 793 g/mol. The van der Waals surface area contributed by atoms with Crippen molar-refractivity contribution in [3.05, 3.63) is 248 Å². The molecule has 2 heterocycles. The topological polar surface area (TPSA) is 9.86 Å². The maximum absolute atomic E-state index is 5.52. The molecule has 0 spiro atoms. The smallest absolute Gasteiger partial charge is 0.0541 e. The van der Waals surface area contributed by atoms with Gasteiger partial charge >= 0.3 is 0 Å². The first-order valence-electron chi connectivity index (χ1n) is 21.7. The Kier molecular flexibility index (Phi) is 9.93. The van der Waals surface area contributed by atoms with E-state index in [1.807, 2.05) is 13.0 Å². The Bertz CT molecular complexity index is 3510. The Labute approximate surface area is 376 Å². The van der Waals surface area contributed by atoms with E-state index < -0.39 is 10.0 Å². The molecule has 0 saturated heterocycles. The second kappa shape index (κ2) is 16.3. The SMILES string of the molecule is C#C/C=C\C(=C/C)c1ccc(-n2c3ccccc3c3cc(-c4ccc5c(c4)c4ccccc4n5-c4cccc(S(c5ccccc5)(c5ccccc5)c5ccccc5)c4)ccc32)cc1. The number of terminal acetylenes is 1. The quantitative estimate of drug-likeness (QED) is 0.101. The minimum atomic E-state index is -1.86. The summed E-state index contributed by atoms with van der Waals surface area (Å²) in [7, 11) is -1.86. The Morgan fingerprint density at radius 1 is 0.422 bits per heavy atom. The molecule has 0 amide bonds. The zero-order valence-electron chi connectivity index (χ0n) is 35.5. The number of rotatable bonds is 9. The zero-order valence-corrected chi connectivity index (χ0v) is 36.3. The predicted molar refractivity (Wildman–Crippen MR) is 272 cm³/mol. The average molecular weight is 837 g/mol. The molecule has 11 aromatic rings. The summed E-state index contributed by atoms with van der Waals surface area (Å²) >= 11 is 0. The summed E-state index contributed by atoms with van der Waals surface area (Å²) in [5.41, 5.74) is 11.6. The highest BCUT2D eigenvalue weighted by molar-refractivity contribution is 8.34. The van der Waals surface area contributed by atoms with Crippen molar-refractivity contribution >= 4 is 59.2 Å². The number of para-hydroxylation sites is 2. The molecule has 2 aromatic heterocycles. The zero-order chi connectivity index (χ0) is 43.0. The van der Waals surface area contributed by atoms with Gasteiger partial charge in [0.25, 0.3) is 0 Å². The van der Waals surface area contributed by atoms with Gasteiger partial charge in [0.2, 0.25) is 0 Å². The Balaban J connectivity index is 1.05. The molecule has 0 aliphatic heterocycles. The van der Waals surface area contributed by atoms with Crippen molar-refractivity contribution in [3.8, 4) is 34.8 Å². The van der Waals surface area contributed by atoms with Gasteiger partial charge in [0.05, 0.1) is 22.1 Å². The van der Waals surface area contributed by atoms with Crippen molar-refractivity contribution in [2.45, 2.75) is 26.5 Å². The molecule has 0 unspecified atom stereocenters. The summed E-state index contributed by atoms with van der Waals surface area (Å²) in [6, 6.07) is 82.7. The fourth-order valence-electron chi connectivity index (χ4n) is 9.66. The summed E-state index contributed by atoms with van der Waals surface area (Å²) in [5.74, 6) is 2.61. The van der Waals surface area contributed by atoms with Crippen LogP contribution in [0, 0.1) is 12.3 Å². The van der Waals surface area contributed by atoms with Crippen LogP contribution in [0.4, 0.5) is 0 Å². The van der Waals surface area contributed by atoms with Gasteiger partial charge in [-0.3, -0.25) is 0 Å². The highest BCUT2D eigenvalue weighted by Gasteiger charge is 2.33. The molecule has 0 radical (unpaired) electrons. The van der Waals surface area contributed by atoms with Gasteiger partial charge in [-0.25, -0.2) is 0 Å². The number of hydrogen-bond acceptors (Lipinski definition) is 0. The third-order valence-corrected chi connectivity index (χ3v) is 16.4. The van der Waals surface area contributed by atoms with Crippen molar-refractivity contribution in [2.24, 2.45) is 0 Å². The molecule has 64 heavy (non-hydrogen) atoms. The third-order valence-electron chi connectivity index (χ3n) is 12.5. The number of allylic oxidation sites excluding steroid dienone is 4. The van der Waals surface area contributed by atoms with E-state index in [1.54, 1.807) is 6.08 Å². The van der Waals surface area contributed by atoms with E-state index in [-0.39, 0.29) is 0 Å². The van der Waals surface area contributed by atoms with Crippen LogP contribution >= 0.6 is 10.0 Å². The lowest BCUT2D eigenvalue weighted by molar-refractivity contribution is 1.15. The van der Waals surface area contributed by atoms with Crippen molar-refractivity contribution in [2.75, 3.05) is 0 Å². The molecule has 0 bridgehead atoms. The Morgan fingerprint density at radius 2 is 0.875 bits per heavy atom. The van der Waals surface area contributed by atoms with Crippen LogP contribution < -0.4 is 0 Å². The summed E-state index contributed by atoms with van der Waals surface area (Å²) in [6.45, 7) is 2.04. The van der Waals surface area contributed by atoms with Gasteiger partial charge in [0.1, 0.15) is 0 Å². The maximum Gasteiger partial charge on any atom is 0.0541 e. The van der Waals surface area contributed by atoms with Gasteiger partial charge in [-0.2, -0.15) is 0 Å². The first-order valence-corrected chi connectivity index (χ1v) is 23.4. The van der Waals surface area contributed by atoms with Crippen molar-refractivity contribution in [1.82, 2.24) is 9.13 Å². The minimum absolute atomic E-state index is 1.10. The van der Waals surface area contributed by atoms with Gasteiger partial charge in [0.15, 0.2) is 0 Å². The van der Waals surface area contributed by atoms with Gasteiger partial charge in [-0.05, 0) is 144 Å². The molecule has 0 saturated carbocycles. The highest BCUT2D eigenvalue weighted by atomic mass is 32.3. The molecule has 0 aliphatic rings. The molecule has 2 nitrogen and oxygen atoms in total. The van der Waals surface area contributed by atoms with E-state index in [1.165, 1.54) is 74.3 Å². The van der Waals surface area contributed by atoms with E-state index in [2.05, 4.69) is 246 Å². The van der Waals surface area contributed by atoms with Gasteiger partial charge in [-0.15, -0.1) is 16.5 Å². The van der Waals surface area contributed by atoms with E-state index >= 15 is 0 Å². The second-order valence-corrected chi connectivity index (χ2v) is 19.1. The molecule has 0 fully saturated rings. The number of benzene rings is 9. The van der Waals surface area contributed by atoms with Crippen molar-refractivity contribution in [3.63, 3.8) is 0 Å². The number of aromatic nitrogens is 2. The molecule has 0 aliphatic carbocycles. The molecule has 3 heteroatoms. The standard InChI is InChI=1S/C61H44N2S/c1-3-5-20-44(4-2)45-33-37-48(38-34-45)62-58-31-17-15-29-54(58)56-41-46(35-39-60(56)62)47-36-40-61-57(42-47)55-30-16-18-32-59(55)63(61)49-21-19-28-53(43-49)64(50-22-9-6-10-23-50,51-24-11-7-12-25-51)52-26-13-8-14-27-52/h1,4-43H,2H3/b20-5-,44-4+. The van der Waals surface area contributed by atoms with Crippen LogP contribution in [0.2, 0.25) is 0 Å². The van der Waals surface area contributed by atoms with Crippen LogP contribution in [0.5, 0.6) is 0 Å². The fourth-order valence-corrected chi connectivity index (χ4v) is 13.6. The molecule has 9 aromatic carbocycles. The molecular formula is C61H44N2S. The second-order valence-electron chi connectivity index (χ2n) is 16.0. The van der Waals surface area contributed by atoms with Crippen LogP contribution in [-0.2, 0) is 0 Å². The maximum atomic E-state index is 5.52. The van der Waals surface area contributed by atoms with Crippen molar-refractivity contribution in [1.29, 1.82) is 0 Å². The first-order chi connectivity index (χ1) is 31.7. The van der Waals surface area contributed by atoms with E-state index in [0.29, 0.717) is 0 Å². The summed E-state index contributed by atoms with van der Waals surface area (Å²) in [4.78, 5) is 5.21. The van der Waals surface area contributed by atoms with Gasteiger partial charge < -0.3 is 9.13 Å². The Hall–Kier alpha value is -8.03. The lowest BCUT2D eigenvalue weighted by atomic mass is 10.0. The average Bonchev–Trinajstić information content (AvgIpc) is 3.88. The van der Waals surface area contributed by atoms with Crippen LogP contribution in [-0.4, -0.2) is 9.13 Å². The van der Waals surface area contributed by atoms with Crippen LogP contribution in [0.1, 0.15) is 12.5 Å². The van der Waals surface area contributed by atoms with E-state index in [0.717, 1.165) is 22.5 Å². The van der Waals surface area contributed by atoms with Crippen molar-refractivity contribution < 1.29 is 0 Å². The lowest BCUT2D eigenvalue weighted by Crippen LogP contribution is -2.06. The third kappa shape index (κ3) is 6.39. The summed E-state index contributed by atoms with van der Waals surface area (Å²) in [5, 5.41) is 4.91. The molecule has 304 valence electrons. The number of hydrogen-bond donors (Lipinski definition) is 0. The van der Waals surface area contributed by atoms with Crippen LogP contribution in [0.3, 0.4) is 0 Å². The van der Waals surface area contributed by atoms with Gasteiger partial charge in [0, 0.05) is 52.5 Å². The molecule has 0 N–H and O–H groups in total. The molecule has 0 atom stereocenters. The normalized spacial score (nSPS) is 12.4. The highest BCUT2D eigenvalue weighted by Crippen LogP contribution is 2.73. The predicted octanol–water partition coefficient (Wildman–Crippen LogP) is 16.5. The van der Waals surface area contributed by atoms with Crippen LogP contribution in [0.25, 0.3) is 71.7 Å². The lowest BCUT2D eigenvalue weighted by Gasteiger charge is -2.42. The number of fused-ring (bicyclic) bond motifs is 6.